The Balaban J connectivity index is 0.00000338. The number of carbonyl (C=O) groups excluding carboxylic acids is 1. The quantitative estimate of drug-likeness (QED) is 0.340. The summed E-state index contributed by atoms with van der Waals surface area (Å²) in [6.07, 6.45) is 0. The molecule has 0 atom stereocenters. The Kier molecular flexibility index (Phi) is 10.3. The lowest BCUT2D eigenvalue weighted by molar-refractivity contribution is -0.127. The Labute approximate surface area is 184 Å². The molecule has 0 aliphatic carbocycles. The van der Waals surface area contributed by atoms with Crippen molar-refractivity contribution < 1.29 is 4.79 Å². The van der Waals surface area contributed by atoms with Crippen molar-refractivity contribution in [2.24, 2.45) is 4.99 Å². The summed E-state index contributed by atoms with van der Waals surface area (Å²) in [5, 5.41) is 9.45. The predicted octanol–water partition coefficient (Wildman–Crippen LogP) is 4.00. The maximum absolute atomic E-state index is 11.8. The van der Waals surface area contributed by atoms with Crippen LogP contribution >= 0.6 is 58.5 Å². The van der Waals surface area contributed by atoms with Crippen molar-refractivity contribution in [1.82, 2.24) is 15.5 Å². The summed E-state index contributed by atoms with van der Waals surface area (Å²) < 4.78 is 0. The van der Waals surface area contributed by atoms with Crippen LogP contribution in [-0.4, -0.2) is 37.4 Å². The monoisotopic (exact) mass is 526 g/mol. The predicted molar refractivity (Wildman–Crippen MR) is 121 cm³/mol. The average molecular weight is 527 g/mol. The zero-order valence-electron chi connectivity index (χ0n) is 14.5. The summed E-state index contributed by atoms with van der Waals surface area (Å²) >= 11 is 13.8. The van der Waals surface area contributed by atoms with Gasteiger partial charge in [-0.15, -0.1) is 35.3 Å². The molecule has 9 heteroatoms. The normalized spacial score (nSPS) is 10.8. The smallest absolute Gasteiger partial charge is 0.241 e. The van der Waals surface area contributed by atoms with Crippen LogP contribution in [-0.2, 0) is 17.9 Å². The number of rotatable bonds is 6. The molecule has 1 aromatic carbocycles. The van der Waals surface area contributed by atoms with E-state index in [-0.39, 0.29) is 36.4 Å². The lowest BCUT2D eigenvalue weighted by Gasteiger charge is -2.15. The molecule has 1 amide bonds. The fraction of sp³-hybridized carbons (Fsp3) is 0.294. The number of halogens is 3. The molecule has 0 saturated carbocycles. The second-order valence-electron chi connectivity index (χ2n) is 5.48. The Bertz CT molecular complexity index is 738. The number of likely N-dealkylation sites (N-methyl/N-ethyl adjacent to an activating group) is 1. The largest absolute Gasteiger partial charge is 0.351 e. The van der Waals surface area contributed by atoms with E-state index < -0.39 is 0 Å². The number of thiophene rings is 1. The molecule has 0 unspecified atom stereocenters. The summed E-state index contributed by atoms with van der Waals surface area (Å²) in [7, 11) is 3.43. The van der Waals surface area contributed by atoms with Gasteiger partial charge < -0.3 is 15.5 Å². The van der Waals surface area contributed by atoms with E-state index in [0.717, 1.165) is 5.56 Å². The number of benzene rings is 1. The Hall–Kier alpha value is -1.03. The van der Waals surface area contributed by atoms with E-state index in [1.165, 1.54) is 9.78 Å². The van der Waals surface area contributed by atoms with Gasteiger partial charge in [0.1, 0.15) is 0 Å². The van der Waals surface area contributed by atoms with Crippen LogP contribution in [0.4, 0.5) is 0 Å². The molecule has 26 heavy (non-hydrogen) atoms. The molecule has 0 radical (unpaired) electrons. The molecule has 2 N–H and O–H groups in total. The first-order valence-corrected chi connectivity index (χ1v) is 9.28. The number of nitrogens with one attached hydrogen (secondary N) is 2. The molecule has 2 aromatic rings. The number of carbonyl (C=O) groups is 1. The minimum atomic E-state index is -0.0323. The highest BCUT2D eigenvalue weighted by Crippen LogP contribution is 2.21. The lowest BCUT2D eigenvalue weighted by Crippen LogP contribution is -2.42. The number of hydrogen-bond acceptors (Lipinski definition) is 3. The number of nitrogens with zero attached hydrogens (tertiary/aromatic N) is 2. The van der Waals surface area contributed by atoms with Gasteiger partial charge in [0.05, 0.1) is 19.6 Å². The average Bonchev–Trinajstić information content (AvgIpc) is 3.08. The van der Waals surface area contributed by atoms with Crippen molar-refractivity contribution in [3.05, 3.63) is 56.2 Å². The molecule has 0 saturated heterocycles. The van der Waals surface area contributed by atoms with E-state index in [2.05, 4.69) is 15.6 Å². The number of aliphatic imine (C=N–C) groups is 1. The topological polar surface area (TPSA) is 56.7 Å². The van der Waals surface area contributed by atoms with Crippen molar-refractivity contribution in [2.45, 2.75) is 13.1 Å². The zero-order chi connectivity index (χ0) is 18.2. The Morgan fingerprint density at radius 2 is 2.00 bits per heavy atom. The number of hydrogen-bond donors (Lipinski definition) is 2. The SMILES string of the molecule is CN(C)C(=O)CNC(=NCc1ccc(Cl)cc1Cl)NCc1cccs1.I. The van der Waals surface area contributed by atoms with Crippen molar-refractivity contribution in [1.29, 1.82) is 0 Å². The third-order valence-corrected chi connectivity index (χ3v) is 4.80. The summed E-state index contributed by atoms with van der Waals surface area (Å²) in [5.41, 5.74) is 0.863. The Morgan fingerprint density at radius 1 is 1.23 bits per heavy atom. The highest BCUT2D eigenvalue weighted by atomic mass is 127. The number of guanidine groups is 1. The first-order valence-electron chi connectivity index (χ1n) is 7.64. The lowest BCUT2D eigenvalue weighted by atomic mass is 10.2. The third-order valence-electron chi connectivity index (χ3n) is 3.34. The van der Waals surface area contributed by atoms with Crippen LogP contribution in [0.1, 0.15) is 10.4 Å². The molecule has 0 spiro atoms. The molecule has 1 aromatic heterocycles. The molecule has 1 heterocycles. The molecule has 2 rings (SSSR count). The van der Waals surface area contributed by atoms with Crippen LogP contribution < -0.4 is 10.6 Å². The molecule has 0 aliphatic heterocycles. The van der Waals surface area contributed by atoms with Crippen molar-refractivity contribution >= 4 is 70.4 Å². The molecule has 0 fully saturated rings. The fourth-order valence-corrected chi connectivity index (χ4v) is 3.00. The maximum Gasteiger partial charge on any atom is 0.241 e. The molecular formula is C17H21Cl2IN4OS. The summed E-state index contributed by atoms with van der Waals surface area (Å²) in [6.45, 7) is 1.18. The van der Waals surface area contributed by atoms with E-state index in [4.69, 9.17) is 23.2 Å². The van der Waals surface area contributed by atoms with Gasteiger partial charge >= 0.3 is 0 Å². The standard InChI is InChI=1S/C17H20Cl2N4OS.HI/c1-23(2)16(24)11-22-17(21-10-14-4-3-7-25-14)20-9-12-5-6-13(18)8-15(12)19;/h3-8H,9-11H2,1-2H3,(H2,20,21,22);1H. The van der Waals surface area contributed by atoms with Crippen molar-refractivity contribution in [3.63, 3.8) is 0 Å². The summed E-state index contributed by atoms with van der Waals surface area (Å²) in [6, 6.07) is 9.34. The van der Waals surface area contributed by atoms with Crippen molar-refractivity contribution in [3.8, 4) is 0 Å². The highest BCUT2D eigenvalue weighted by molar-refractivity contribution is 14.0. The van der Waals surface area contributed by atoms with Gasteiger partial charge in [-0.1, -0.05) is 35.3 Å². The van der Waals surface area contributed by atoms with Gasteiger partial charge in [0.25, 0.3) is 0 Å². The van der Waals surface area contributed by atoms with Crippen LogP contribution in [0.3, 0.4) is 0 Å². The van der Waals surface area contributed by atoms with Crippen LogP contribution in [0.5, 0.6) is 0 Å². The van der Waals surface area contributed by atoms with E-state index >= 15 is 0 Å². The first kappa shape index (κ1) is 23.0. The van der Waals surface area contributed by atoms with Crippen LogP contribution in [0.15, 0.2) is 40.7 Å². The Morgan fingerprint density at radius 3 is 2.62 bits per heavy atom. The van der Waals surface area contributed by atoms with Crippen LogP contribution in [0, 0.1) is 0 Å². The highest BCUT2D eigenvalue weighted by Gasteiger charge is 2.07. The van der Waals surface area contributed by atoms with E-state index in [0.29, 0.717) is 29.1 Å². The van der Waals surface area contributed by atoms with Crippen molar-refractivity contribution in [2.75, 3.05) is 20.6 Å². The van der Waals surface area contributed by atoms with E-state index in [9.17, 15) is 4.79 Å². The van der Waals surface area contributed by atoms with E-state index in [1.807, 2.05) is 23.6 Å². The van der Waals surface area contributed by atoms with Gasteiger partial charge in [-0.25, -0.2) is 4.99 Å². The molecule has 0 aliphatic rings. The van der Waals surface area contributed by atoms with Gasteiger partial charge in [0, 0.05) is 29.0 Å². The minimum Gasteiger partial charge on any atom is -0.351 e. The zero-order valence-corrected chi connectivity index (χ0v) is 19.1. The second-order valence-corrected chi connectivity index (χ2v) is 7.35. The van der Waals surface area contributed by atoms with Gasteiger partial charge in [0.2, 0.25) is 5.91 Å². The third kappa shape index (κ3) is 7.69. The second kappa shape index (κ2) is 11.6. The maximum atomic E-state index is 11.8. The summed E-state index contributed by atoms with van der Waals surface area (Å²) in [5.74, 6) is 0.518. The van der Waals surface area contributed by atoms with Crippen LogP contribution in [0.25, 0.3) is 0 Å². The van der Waals surface area contributed by atoms with Gasteiger partial charge in [-0.3, -0.25) is 4.79 Å². The molecule has 142 valence electrons. The molecule has 5 nitrogen and oxygen atoms in total. The van der Waals surface area contributed by atoms with E-state index in [1.54, 1.807) is 37.6 Å². The number of amides is 1. The summed E-state index contributed by atoms with van der Waals surface area (Å²) in [4.78, 5) is 19.0. The minimum absolute atomic E-state index is 0. The van der Waals surface area contributed by atoms with Gasteiger partial charge in [0.15, 0.2) is 5.96 Å². The van der Waals surface area contributed by atoms with Gasteiger partial charge in [-0.05, 0) is 29.1 Å². The fourth-order valence-electron chi connectivity index (χ4n) is 1.89. The molecule has 0 bridgehead atoms. The first-order chi connectivity index (χ1) is 12.0. The van der Waals surface area contributed by atoms with Gasteiger partial charge in [-0.2, -0.15) is 0 Å². The van der Waals surface area contributed by atoms with Crippen LogP contribution in [0.2, 0.25) is 10.0 Å². The molecular weight excluding hydrogens is 506 g/mol.